The molecular weight excluding hydrogens is 417 g/mol. The van der Waals surface area contributed by atoms with Crippen LogP contribution in [0.5, 0.6) is 0 Å². The van der Waals surface area contributed by atoms with Gasteiger partial charge in [-0.1, -0.05) is 44.2 Å². The molecular formula is C27H26FN3O2. The SMILES string of the molecule is CCCN(C(=O)c1ccccc1)C(CC)c1nc2ccccc2c(=O)n1-c1ccc(F)cc1. The highest BCUT2D eigenvalue weighted by Gasteiger charge is 2.29. The highest BCUT2D eigenvalue weighted by atomic mass is 19.1. The number of carbonyl (C=O) groups excluding carboxylic acids is 1. The molecule has 5 nitrogen and oxygen atoms in total. The van der Waals surface area contributed by atoms with Gasteiger partial charge in [-0.25, -0.2) is 9.37 Å². The zero-order valence-corrected chi connectivity index (χ0v) is 18.7. The summed E-state index contributed by atoms with van der Waals surface area (Å²) in [6, 6.07) is 21.6. The van der Waals surface area contributed by atoms with Gasteiger partial charge in [0.1, 0.15) is 11.6 Å². The quantitative estimate of drug-likeness (QED) is 0.377. The lowest BCUT2D eigenvalue weighted by Crippen LogP contribution is -2.39. The van der Waals surface area contributed by atoms with Crippen molar-refractivity contribution in [1.82, 2.24) is 14.5 Å². The van der Waals surface area contributed by atoms with E-state index in [1.165, 1.54) is 16.7 Å². The molecule has 168 valence electrons. The van der Waals surface area contributed by atoms with Gasteiger partial charge in [-0.15, -0.1) is 0 Å². The van der Waals surface area contributed by atoms with E-state index >= 15 is 0 Å². The predicted molar refractivity (Wildman–Crippen MR) is 128 cm³/mol. The molecule has 1 atom stereocenters. The summed E-state index contributed by atoms with van der Waals surface area (Å²) in [7, 11) is 0. The highest BCUT2D eigenvalue weighted by Crippen LogP contribution is 2.27. The Morgan fingerprint density at radius 2 is 1.64 bits per heavy atom. The third-order valence-electron chi connectivity index (χ3n) is 5.69. The van der Waals surface area contributed by atoms with Crippen molar-refractivity contribution >= 4 is 16.8 Å². The molecule has 0 aliphatic heterocycles. The van der Waals surface area contributed by atoms with Crippen LogP contribution in [0.3, 0.4) is 0 Å². The molecule has 0 N–H and O–H groups in total. The first-order valence-electron chi connectivity index (χ1n) is 11.2. The molecule has 1 unspecified atom stereocenters. The Hall–Kier alpha value is -3.80. The molecule has 4 aromatic rings. The van der Waals surface area contributed by atoms with Crippen LogP contribution < -0.4 is 5.56 Å². The van der Waals surface area contributed by atoms with Crippen LogP contribution in [0, 0.1) is 5.82 Å². The zero-order chi connectivity index (χ0) is 23.4. The fourth-order valence-corrected chi connectivity index (χ4v) is 4.14. The Balaban J connectivity index is 1.95. The smallest absolute Gasteiger partial charge is 0.266 e. The van der Waals surface area contributed by atoms with E-state index in [1.807, 2.05) is 38.1 Å². The van der Waals surface area contributed by atoms with Gasteiger partial charge >= 0.3 is 0 Å². The number of aromatic nitrogens is 2. The molecule has 4 rings (SSSR count). The third kappa shape index (κ3) is 4.42. The second kappa shape index (κ2) is 9.77. The summed E-state index contributed by atoms with van der Waals surface area (Å²) in [5, 5.41) is 0.469. The molecule has 0 aliphatic carbocycles. The van der Waals surface area contributed by atoms with E-state index in [0.29, 0.717) is 40.9 Å². The van der Waals surface area contributed by atoms with E-state index in [9.17, 15) is 14.0 Å². The number of para-hydroxylation sites is 1. The molecule has 0 saturated heterocycles. The van der Waals surface area contributed by atoms with Crippen molar-refractivity contribution in [2.45, 2.75) is 32.7 Å². The molecule has 0 fully saturated rings. The summed E-state index contributed by atoms with van der Waals surface area (Å²) in [4.78, 5) is 33.8. The Morgan fingerprint density at radius 1 is 0.970 bits per heavy atom. The number of hydrogen-bond donors (Lipinski definition) is 0. The maximum atomic E-state index is 13.6. The predicted octanol–water partition coefficient (Wildman–Crippen LogP) is 5.53. The lowest BCUT2D eigenvalue weighted by atomic mass is 10.1. The topological polar surface area (TPSA) is 55.2 Å². The summed E-state index contributed by atoms with van der Waals surface area (Å²) in [5.41, 5.74) is 1.42. The van der Waals surface area contributed by atoms with E-state index in [4.69, 9.17) is 4.98 Å². The van der Waals surface area contributed by atoms with Gasteiger partial charge in [-0.2, -0.15) is 0 Å². The molecule has 3 aromatic carbocycles. The van der Waals surface area contributed by atoms with E-state index in [1.54, 1.807) is 47.4 Å². The Bertz CT molecular complexity index is 1320. The van der Waals surface area contributed by atoms with Crippen LogP contribution in [0.4, 0.5) is 4.39 Å². The minimum atomic E-state index is -0.444. The van der Waals surface area contributed by atoms with Crippen molar-refractivity contribution in [2.24, 2.45) is 0 Å². The van der Waals surface area contributed by atoms with Gasteiger partial charge in [0.15, 0.2) is 0 Å². The standard InChI is InChI=1S/C27H26FN3O2/c1-3-18-30(26(32)19-10-6-5-7-11-19)24(4-2)25-29-23-13-9-8-12-22(23)27(33)31(25)21-16-14-20(28)15-17-21/h5-17,24H,3-4,18H2,1-2H3. The highest BCUT2D eigenvalue weighted by molar-refractivity contribution is 5.94. The van der Waals surface area contributed by atoms with Crippen LogP contribution in [0.1, 0.15) is 48.9 Å². The van der Waals surface area contributed by atoms with Crippen molar-refractivity contribution in [1.29, 1.82) is 0 Å². The van der Waals surface area contributed by atoms with Crippen LogP contribution in [-0.4, -0.2) is 26.9 Å². The van der Waals surface area contributed by atoms with Crippen LogP contribution in [0.15, 0.2) is 83.7 Å². The number of fused-ring (bicyclic) bond motifs is 1. The van der Waals surface area contributed by atoms with Crippen LogP contribution in [-0.2, 0) is 0 Å². The van der Waals surface area contributed by atoms with Gasteiger partial charge in [0.25, 0.3) is 11.5 Å². The maximum absolute atomic E-state index is 13.6. The first-order valence-corrected chi connectivity index (χ1v) is 11.2. The lowest BCUT2D eigenvalue weighted by Gasteiger charge is -2.32. The molecule has 1 aromatic heterocycles. The number of halogens is 1. The van der Waals surface area contributed by atoms with Gasteiger partial charge < -0.3 is 4.90 Å². The maximum Gasteiger partial charge on any atom is 0.266 e. The van der Waals surface area contributed by atoms with Gasteiger partial charge in [0, 0.05) is 12.1 Å². The number of nitrogens with zero attached hydrogens (tertiary/aromatic N) is 3. The second-order valence-electron chi connectivity index (χ2n) is 7.89. The van der Waals surface area contributed by atoms with Crippen molar-refractivity contribution < 1.29 is 9.18 Å². The number of rotatable bonds is 7. The molecule has 33 heavy (non-hydrogen) atoms. The van der Waals surface area contributed by atoms with E-state index < -0.39 is 6.04 Å². The average Bonchev–Trinajstić information content (AvgIpc) is 2.85. The number of hydrogen-bond acceptors (Lipinski definition) is 3. The monoisotopic (exact) mass is 443 g/mol. The normalized spacial score (nSPS) is 12.0. The van der Waals surface area contributed by atoms with Crippen LogP contribution in [0.2, 0.25) is 0 Å². The number of amides is 1. The molecule has 6 heteroatoms. The summed E-state index contributed by atoms with van der Waals surface area (Å²) < 4.78 is 15.2. The summed E-state index contributed by atoms with van der Waals surface area (Å²) >= 11 is 0. The van der Waals surface area contributed by atoms with Crippen molar-refractivity contribution in [3.8, 4) is 5.69 Å². The summed E-state index contributed by atoms with van der Waals surface area (Å²) in [6.45, 7) is 4.50. The third-order valence-corrected chi connectivity index (χ3v) is 5.69. The van der Waals surface area contributed by atoms with Gasteiger partial charge in [-0.3, -0.25) is 14.2 Å². The fraction of sp³-hybridized carbons (Fsp3) is 0.222. The Kier molecular flexibility index (Phi) is 6.63. The van der Waals surface area contributed by atoms with E-state index in [2.05, 4.69) is 0 Å². The summed E-state index contributed by atoms with van der Waals surface area (Å²) in [6.07, 6.45) is 1.31. The Labute approximate surface area is 192 Å². The van der Waals surface area contributed by atoms with Gasteiger partial charge in [-0.05, 0) is 61.4 Å². The number of carbonyl (C=O) groups is 1. The minimum Gasteiger partial charge on any atom is -0.328 e. The molecule has 1 heterocycles. The van der Waals surface area contributed by atoms with Gasteiger partial charge in [0.05, 0.1) is 22.6 Å². The van der Waals surface area contributed by atoms with Crippen molar-refractivity contribution in [2.75, 3.05) is 6.54 Å². The largest absolute Gasteiger partial charge is 0.328 e. The zero-order valence-electron chi connectivity index (χ0n) is 18.7. The van der Waals surface area contributed by atoms with Crippen LogP contribution >= 0.6 is 0 Å². The lowest BCUT2D eigenvalue weighted by molar-refractivity contribution is 0.0659. The van der Waals surface area contributed by atoms with Gasteiger partial charge in [0.2, 0.25) is 0 Å². The molecule has 0 spiro atoms. The molecule has 1 amide bonds. The first kappa shape index (κ1) is 22.4. The van der Waals surface area contributed by atoms with Crippen molar-refractivity contribution in [3.63, 3.8) is 0 Å². The van der Waals surface area contributed by atoms with E-state index in [0.717, 1.165) is 6.42 Å². The van der Waals surface area contributed by atoms with Crippen molar-refractivity contribution in [3.05, 3.63) is 106 Å². The number of benzene rings is 3. The molecule has 0 aliphatic rings. The fourth-order valence-electron chi connectivity index (χ4n) is 4.14. The average molecular weight is 444 g/mol. The summed E-state index contributed by atoms with van der Waals surface area (Å²) in [5.74, 6) is -0.0380. The first-order chi connectivity index (χ1) is 16.0. The van der Waals surface area contributed by atoms with Crippen LogP contribution in [0.25, 0.3) is 16.6 Å². The Morgan fingerprint density at radius 3 is 2.30 bits per heavy atom. The molecule has 0 radical (unpaired) electrons. The second-order valence-corrected chi connectivity index (χ2v) is 7.89. The molecule has 0 bridgehead atoms. The van der Waals surface area contributed by atoms with E-state index in [-0.39, 0.29) is 17.3 Å². The molecule has 0 saturated carbocycles. The minimum absolute atomic E-state index is 0.114.